The van der Waals surface area contributed by atoms with Crippen LogP contribution in [-0.4, -0.2) is 29.2 Å². The van der Waals surface area contributed by atoms with Crippen molar-refractivity contribution in [2.45, 2.75) is 25.8 Å². The number of nitrogens with zero attached hydrogens (tertiary/aromatic N) is 2. The van der Waals surface area contributed by atoms with Crippen molar-refractivity contribution in [3.05, 3.63) is 65.2 Å². The van der Waals surface area contributed by atoms with Crippen molar-refractivity contribution >= 4 is 0 Å². The first-order valence-electron chi connectivity index (χ1n) is 8.41. The zero-order valence-electron chi connectivity index (χ0n) is 14.7. The highest BCUT2D eigenvalue weighted by Gasteiger charge is 2.39. The molecule has 0 saturated carbocycles. The van der Waals surface area contributed by atoms with Gasteiger partial charge in [-0.3, -0.25) is 5.10 Å². The zero-order chi connectivity index (χ0) is 16.9. The average molecular weight is 317 g/mol. The second-order valence-corrected chi connectivity index (χ2v) is 7.43. The monoisotopic (exact) mass is 317 g/mol. The molecule has 24 heavy (non-hydrogen) atoms. The van der Waals surface area contributed by atoms with Crippen molar-refractivity contribution in [2.24, 2.45) is 0 Å². The Hall–Kier alpha value is -2.39. The molecule has 0 unspecified atom stereocenters. The van der Waals surface area contributed by atoms with Crippen LogP contribution in [0, 0.1) is 0 Å². The average Bonchev–Trinajstić information content (AvgIpc) is 3.08. The number of aromatic amines is 1. The molecule has 1 N–H and O–H groups in total. The molecule has 0 saturated heterocycles. The third-order valence-electron chi connectivity index (χ3n) is 4.99. The first-order chi connectivity index (χ1) is 11.5. The number of rotatable bonds is 3. The highest BCUT2D eigenvalue weighted by atomic mass is 15.1. The Morgan fingerprint density at radius 2 is 1.71 bits per heavy atom. The molecule has 3 heteroatoms. The molecule has 122 valence electrons. The van der Waals surface area contributed by atoms with Crippen LogP contribution in [-0.2, 0) is 12.0 Å². The molecule has 0 atom stereocenters. The zero-order valence-corrected chi connectivity index (χ0v) is 14.7. The van der Waals surface area contributed by atoms with Crippen molar-refractivity contribution in [1.82, 2.24) is 15.1 Å². The predicted molar refractivity (Wildman–Crippen MR) is 99.0 cm³/mol. The number of H-pyrrole nitrogens is 1. The van der Waals surface area contributed by atoms with E-state index in [2.05, 4.69) is 91.6 Å². The van der Waals surface area contributed by atoms with E-state index in [1.165, 1.54) is 33.5 Å². The largest absolute Gasteiger partial charge is 0.305 e. The van der Waals surface area contributed by atoms with Gasteiger partial charge >= 0.3 is 0 Å². The quantitative estimate of drug-likeness (QED) is 0.774. The van der Waals surface area contributed by atoms with Crippen LogP contribution in [0.15, 0.2) is 48.5 Å². The lowest BCUT2D eigenvalue weighted by Crippen LogP contribution is -2.15. The number of fused-ring (bicyclic) bond motifs is 3. The summed E-state index contributed by atoms with van der Waals surface area (Å²) in [6, 6.07) is 17.4. The summed E-state index contributed by atoms with van der Waals surface area (Å²) in [5.41, 5.74) is 8.67. The van der Waals surface area contributed by atoms with Crippen molar-refractivity contribution < 1.29 is 0 Å². The van der Waals surface area contributed by atoms with Gasteiger partial charge in [-0.2, -0.15) is 5.10 Å². The second-order valence-electron chi connectivity index (χ2n) is 7.43. The minimum absolute atomic E-state index is 0.0312. The molecule has 0 spiro atoms. The topological polar surface area (TPSA) is 31.9 Å². The fourth-order valence-electron chi connectivity index (χ4n) is 3.87. The SMILES string of the molecule is CN(C)Cc1ccc(-c2n[nH]c3c2C(C)(C)c2ccccc2-3)cc1. The van der Waals surface area contributed by atoms with Gasteiger partial charge in [0, 0.05) is 28.7 Å². The molecule has 1 heterocycles. The van der Waals surface area contributed by atoms with E-state index in [0.717, 1.165) is 12.2 Å². The minimum Gasteiger partial charge on any atom is -0.305 e. The highest BCUT2D eigenvalue weighted by molar-refractivity contribution is 5.84. The van der Waals surface area contributed by atoms with Crippen LogP contribution >= 0.6 is 0 Å². The van der Waals surface area contributed by atoms with Crippen LogP contribution in [0.4, 0.5) is 0 Å². The number of nitrogens with one attached hydrogen (secondary N) is 1. The van der Waals surface area contributed by atoms with Gasteiger partial charge in [0.05, 0.1) is 11.4 Å². The number of hydrogen-bond donors (Lipinski definition) is 1. The van der Waals surface area contributed by atoms with Crippen LogP contribution in [0.25, 0.3) is 22.5 Å². The molecule has 0 radical (unpaired) electrons. The van der Waals surface area contributed by atoms with Crippen LogP contribution < -0.4 is 0 Å². The van der Waals surface area contributed by atoms with E-state index in [9.17, 15) is 0 Å². The van der Waals surface area contributed by atoms with E-state index in [0.29, 0.717) is 0 Å². The molecule has 0 amide bonds. The normalized spacial score (nSPS) is 14.7. The van der Waals surface area contributed by atoms with Crippen molar-refractivity contribution in [3.63, 3.8) is 0 Å². The predicted octanol–water partition coefficient (Wildman–Crippen LogP) is 4.44. The minimum atomic E-state index is -0.0312. The molecule has 1 aliphatic carbocycles. The smallest absolute Gasteiger partial charge is 0.0968 e. The van der Waals surface area contributed by atoms with Gasteiger partial charge in [0.25, 0.3) is 0 Å². The molecule has 0 bridgehead atoms. The molecule has 1 aromatic heterocycles. The van der Waals surface area contributed by atoms with E-state index < -0.39 is 0 Å². The first-order valence-corrected chi connectivity index (χ1v) is 8.41. The summed E-state index contributed by atoms with van der Waals surface area (Å²) in [4.78, 5) is 2.18. The Kier molecular flexibility index (Phi) is 3.36. The van der Waals surface area contributed by atoms with Gasteiger partial charge in [0.2, 0.25) is 0 Å². The number of benzene rings is 2. The lowest BCUT2D eigenvalue weighted by atomic mass is 9.81. The summed E-state index contributed by atoms with van der Waals surface area (Å²) >= 11 is 0. The van der Waals surface area contributed by atoms with Gasteiger partial charge in [0.1, 0.15) is 0 Å². The Balaban J connectivity index is 1.80. The molecular weight excluding hydrogens is 294 g/mol. The van der Waals surface area contributed by atoms with E-state index in [1.54, 1.807) is 0 Å². The summed E-state index contributed by atoms with van der Waals surface area (Å²) in [5, 5.41) is 7.94. The molecule has 4 rings (SSSR count). The summed E-state index contributed by atoms with van der Waals surface area (Å²) in [7, 11) is 4.18. The maximum atomic E-state index is 4.66. The standard InChI is InChI=1S/C21H23N3/c1-21(2)17-8-6-5-7-16(17)20-18(21)19(22-23-20)15-11-9-14(10-12-15)13-24(3)4/h5-12H,13H2,1-4H3,(H,22,23). The Morgan fingerprint density at radius 3 is 2.42 bits per heavy atom. The molecule has 0 fully saturated rings. The molecule has 3 aromatic rings. The molecule has 1 aliphatic rings. The second kappa shape index (κ2) is 5.32. The maximum absolute atomic E-state index is 4.66. The Morgan fingerprint density at radius 1 is 1.00 bits per heavy atom. The van der Waals surface area contributed by atoms with E-state index in [-0.39, 0.29) is 5.41 Å². The van der Waals surface area contributed by atoms with Crippen LogP contribution in [0.2, 0.25) is 0 Å². The van der Waals surface area contributed by atoms with Gasteiger partial charge in [-0.05, 0) is 25.2 Å². The van der Waals surface area contributed by atoms with Crippen LogP contribution in [0.5, 0.6) is 0 Å². The van der Waals surface area contributed by atoms with E-state index in [4.69, 9.17) is 0 Å². The highest BCUT2D eigenvalue weighted by Crippen LogP contribution is 2.50. The first kappa shape index (κ1) is 15.2. The van der Waals surface area contributed by atoms with E-state index in [1.807, 2.05) is 0 Å². The van der Waals surface area contributed by atoms with Crippen molar-refractivity contribution in [3.8, 4) is 22.5 Å². The molecule has 2 aromatic carbocycles. The van der Waals surface area contributed by atoms with Gasteiger partial charge in [-0.25, -0.2) is 0 Å². The molecule has 0 aliphatic heterocycles. The fourth-order valence-corrected chi connectivity index (χ4v) is 3.87. The van der Waals surface area contributed by atoms with Crippen LogP contribution in [0.1, 0.15) is 30.5 Å². The van der Waals surface area contributed by atoms with Gasteiger partial charge in [0.15, 0.2) is 0 Å². The van der Waals surface area contributed by atoms with Gasteiger partial charge < -0.3 is 4.90 Å². The molecule has 3 nitrogen and oxygen atoms in total. The fraction of sp³-hybridized carbons (Fsp3) is 0.286. The Bertz CT molecular complexity index is 886. The number of hydrogen-bond acceptors (Lipinski definition) is 2. The van der Waals surface area contributed by atoms with E-state index >= 15 is 0 Å². The van der Waals surface area contributed by atoms with Crippen molar-refractivity contribution in [1.29, 1.82) is 0 Å². The van der Waals surface area contributed by atoms with Gasteiger partial charge in [-0.1, -0.05) is 62.4 Å². The summed E-state index contributed by atoms with van der Waals surface area (Å²) in [6.07, 6.45) is 0. The summed E-state index contributed by atoms with van der Waals surface area (Å²) < 4.78 is 0. The lowest BCUT2D eigenvalue weighted by molar-refractivity contribution is 0.402. The third kappa shape index (κ3) is 2.20. The van der Waals surface area contributed by atoms with Crippen molar-refractivity contribution in [2.75, 3.05) is 14.1 Å². The summed E-state index contributed by atoms with van der Waals surface area (Å²) in [6.45, 7) is 5.53. The number of aromatic nitrogens is 2. The molecular formula is C21H23N3. The van der Waals surface area contributed by atoms with Crippen LogP contribution in [0.3, 0.4) is 0 Å². The van der Waals surface area contributed by atoms with Gasteiger partial charge in [-0.15, -0.1) is 0 Å². The summed E-state index contributed by atoms with van der Waals surface area (Å²) in [5.74, 6) is 0. The Labute approximate surface area is 143 Å². The maximum Gasteiger partial charge on any atom is 0.0968 e. The third-order valence-corrected chi connectivity index (χ3v) is 4.99. The lowest BCUT2D eigenvalue weighted by Gasteiger charge is -2.21.